The second-order valence-corrected chi connectivity index (χ2v) is 6.09. The standard InChI is InChI=1S/C11H19N3O5S/c1-4-19-11(16)9-6-12-13-10(9)20(17,18)14-7(2)5-8(3)15/h6-8,14-15H,4-5H2,1-3H3,(H,12,13). The van der Waals surface area contributed by atoms with Gasteiger partial charge in [-0.1, -0.05) is 0 Å². The summed E-state index contributed by atoms with van der Waals surface area (Å²) in [5.41, 5.74) is -0.149. The molecule has 0 aromatic carbocycles. The summed E-state index contributed by atoms with van der Waals surface area (Å²) < 4.78 is 31.4. The highest BCUT2D eigenvalue weighted by molar-refractivity contribution is 7.89. The van der Waals surface area contributed by atoms with E-state index in [1.807, 2.05) is 0 Å². The predicted octanol–water partition coefficient (Wildman–Crippen LogP) is 0.0241. The first-order chi connectivity index (χ1) is 9.27. The zero-order chi connectivity index (χ0) is 15.3. The second-order valence-electron chi connectivity index (χ2n) is 4.44. The molecule has 0 aliphatic heterocycles. The van der Waals surface area contributed by atoms with Crippen LogP contribution in [0.5, 0.6) is 0 Å². The smallest absolute Gasteiger partial charge is 0.342 e. The molecule has 2 atom stereocenters. The van der Waals surface area contributed by atoms with Gasteiger partial charge >= 0.3 is 5.97 Å². The zero-order valence-electron chi connectivity index (χ0n) is 11.6. The van der Waals surface area contributed by atoms with E-state index in [0.29, 0.717) is 0 Å². The molecule has 3 N–H and O–H groups in total. The number of nitrogens with one attached hydrogen (secondary N) is 2. The van der Waals surface area contributed by atoms with Crippen molar-refractivity contribution in [1.82, 2.24) is 14.9 Å². The van der Waals surface area contributed by atoms with E-state index in [0.717, 1.165) is 6.20 Å². The molecule has 0 saturated carbocycles. The van der Waals surface area contributed by atoms with E-state index in [2.05, 4.69) is 14.9 Å². The average Bonchev–Trinajstić information content (AvgIpc) is 2.76. The Kier molecular flexibility index (Phi) is 5.66. The lowest BCUT2D eigenvalue weighted by Crippen LogP contribution is -2.35. The molecule has 114 valence electrons. The molecule has 2 unspecified atom stereocenters. The van der Waals surface area contributed by atoms with Crippen molar-refractivity contribution in [3.8, 4) is 0 Å². The van der Waals surface area contributed by atoms with Crippen LogP contribution in [0.4, 0.5) is 0 Å². The number of aromatic nitrogens is 2. The third-order valence-electron chi connectivity index (χ3n) is 2.42. The molecule has 1 rings (SSSR count). The fourth-order valence-corrected chi connectivity index (χ4v) is 3.06. The Balaban J connectivity index is 2.94. The quantitative estimate of drug-likeness (QED) is 0.611. The Morgan fingerprint density at radius 3 is 2.75 bits per heavy atom. The first-order valence-corrected chi connectivity index (χ1v) is 7.67. The number of rotatable bonds is 7. The summed E-state index contributed by atoms with van der Waals surface area (Å²) in [6.45, 7) is 4.93. The van der Waals surface area contributed by atoms with Gasteiger partial charge in [0, 0.05) is 6.04 Å². The molecule has 1 aromatic heterocycles. The number of carbonyl (C=O) groups is 1. The second kappa shape index (κ2) is 6.82. The molecule has 9 heteroatoms. The number of ether oxygens (including phenoxy) is 1. The Hall–Kier alpha value is -1.45. The zero-order valence-corrected chi connectivity index (χ0v) is 12.4. The van der Waals surface area contributed by atoms with Crippen molar-refractivity contribution >= 4 is 16.0 Å². The van der Waals surface area contributed by atoms with Crippen molar-refractivity contribution in [2.45, 2.75) is 44.4 Å². The van der Waals surface area contributed by atoms with Gasteiger partial charge in [-0.15, -0.1) is 0 Å². The minimum absolute atomic E-state index is 0.134. The van der Waals surface area contributed by atoms with Crippen molar-refractivity contribution in [2.24, 2.45) is 0 Å². The highest BCUT2D eigenvalue weighted by Crippen LogP contribution is 2.14. The van der Waals surface area contributed by atoms with E-state index in [4.69, 9.17) is 4.74 Å². The van der Waals surface area contributed by atoms with Gasteiger partial charge in [-0.2, -0.15) is 5.10 Å². The topological polar surface area (TPSA) is 121 Å². The summed E-state index contributed by atoms with van der Waals surface area (Å²) in [5, 5.41) is 14.7. The molecule has 0 spiro atoms. The maximum atomic E-state index is 12.1. The van der Waals surface area contributed by atoms with Crippen LogP contribution in [0.25, 0.3) is 0 Å². The molecular formula is C11H19N3O5S. The lowest BCUT2D eigenvalue weighted by atomic mass is 10.2. The molecule has 0 aliphatic carbocycles. The van der Waals surface area contributed by atoms with Crippen molar-refractivity contribution in [1.29, 1.82) is 0 Å². The largest absolute Gasteiger partial charge is 0.462 e. The van der Waals surface area contributed by atoms with Gasteiger partial charge in [0.15, 0.2) is 5.03 Å². The lowest BCUT2D eigenvalue weighted by Gasteiger charge is -2.15. The lowest BCUT2D eigenvalue weighted by molar-refractivity contribution is 0.0521. The third kappa shape index (κ3) is 4.29. The van der Waals surface area contributed by atoms with Crippen molar-refractivity contribution < 1.29 is 23.1 Å². The molecule has 0 radical (unpaired) electrons. The highest BCUT2D eigenvalue weighted by Gasteiger charge is 2.27. The number of sulfonamides is 1. The number of aliphatic hydroxyl groups excluding tert-OH is 1. The maximum absolute atomic E-state index is 12.1. The highest BCUT2D eigenvalue weighted by atomic mass is 32.2. The number of hydrogen-bond donors (Lipinski definition) is 3. The monoisotopic (exact) mass is 305 g/mol. The number of aromatic amines is 1. The van der Waals surface area contributed by atoms with Crippen LogP contribution in [0.3, 0.4) is 0 Å². The van der Waals surface area contributed by atoms with Gasteiger partial charge < -0.3 is 9.84 Å². The number of aliphatic hydroxyl groups is 1. The average molecular weight is 305 g/mol. The Morgan fingerprint density at radius 1 is 1.55 bits per heavy atom. The Morgan fingerprint density at radius 2 is 2.20 bits per heavy atom. The van der Waals surface area contributed by atoms with E-state index < -0.39 is 28.1 Å². The molecule has 1 aromatic rings. The summed E-state index contributed by atoms with van der Waals surface area (Å²) in [7, 11) is -3.94. The van der Waals surface area contributed by atoms with E-state index in [9.17, 15) is 18.3 Å². The van der Waals surface area contributed by atoms with Crippen LogP contribution in [-0.2, 0) is 14.8 Å². The van der Waals surface area contributed by atoms with Crippen LogP contribution in [0, 0.1) is 0 Å². The third-order valence-corrected chi connectivity index (χ3v) is 3.98. The van der Waals surface area contributed by atoms with Crippen LogP contribution in [0.1, 0.15) is 37.6 Å². The SMILES string of the molecule is CCOC(=O)c1cn[nH]c1S(=O)(=O)NC(C)CC(C)O. The van der Waals surface area contributed by atoms with E-state index in [-0.39, 0.29) is 23.6 Å². The molecule has 0 fully saturated rings. The van der Waals surface area contributed by atoms with Gasteiger partial charge in [0.1, 0.15) is 5.56 Å². The first-order valence-electron chi connectivity index (χ1n) is 6.18. The van der Waals surface area contributed by atoms with Crippen LogP contribution in [-0.4, -0.2) is 48.4 Å². The first kappa shape index (κ1) is 16.6. The Labute approximate surface area is 117 Å². The summed E-state index contributed by atoms with van der Waals surface area (Å²) >= 11 is 0. The van der Waals surface area contributed by atoms with Crippen LogP contribution >= 0.6 is 0 Å². The number of nitrogens with zero attached hydrogens (tertiary/aromatic N) is 1. The molecule has 20 heavy (non-hydrogen) atoms. The fourth-order valence-electron chi connectivity index (χ4n) is 1.72. The molecule has 0 saturated heterocycles. The minimum atomic E-state index is -3.94. The normalized spacial score (nSPS) is 14.8. The molecule has 0 aliphatic rings. The maximum Gasteiger partial charge on any atom is 0.342 e. The van der Waals surface area contributed by atoms with Crippen LogP contribution in [0.2, 0.25) is 0 Å². The summed E-state index contributed by atoms with van der Waals surface area (Å²) in [5.74, 6) is -0.759. The summed E-state index contributed by atoms with van der Waals surface area (Å²) in [6, 6.07) is -0.488. The molecule has 1 heterocycles. The predicted molar refractivity (Wildman–Crippen MR) is 70.6 cm³/mol. The fraction of sp³-hybridized carbons (Fsp3) is 0.636. The Bertz CT molecular complexity index is 552. The molecule has 0 amide bonds. The number of carbonyl (C=O) groups excluding carboxylic acids is 1. The van der Waals surface area contributed by atoms with E-state index >= 15 is 0 Å². The van der Waals surface area contributed by atoms with Crippen molar-refractivity contribution in [3.05, 3.63) is 11.8 Å². The van der Waals surface area contributed by atoms with E-state index in [1.54, 1.807) is 20.8 Å². The molecule has 0 bridgehead atoms. The van der Waals surface area contributed by atoms with Crippen molar-refractivity contribution in [2.75, 3.05) is 6.61 Å². The van der Waals surface area contributed by atoms with Gasteiger partial charge in [0.2, 0.25) is 0 Å². The summed E-state index contributed by atoms with van der Waals surface area (Å²) in [6.07, 6.45) is 0.715. The number of esters is 1. The number of hydrogen-bond acceptors (Lipinski definition) is 6. The minimum Gasteiger partial charge on any atom is -0.462 e. The van der Waals surface area contributed by atoms with Gasteiger partial charge in [0.05, 0.1) is 18.9 Å². The van der Waals surface area contributed by atoms with Gasteiger partial charge in [0.25, 0.3) is 10.0 Å². The van der Waals surface area contributed by atoms with E-state index in [1.165, 1.54) is 0 Å². The van der Waals surface area contributed by atoms with Crippen LogP contribution < -0.4 is 4.72 Å². The summed E-state index contributed by atoms with van der Waals surface area (Å²) in [4.78, 5) is 11.6. The van der Waals surface area contributed by atoms with Gasteiger partial charge in [-0.3, -0.25) is 5.10 Å². The molecule has 8 nitrogen and oxygen atoms in total. The molecular weight excluding hydrogens is 286 g/mol. The van der Waals surface area contributed by atoms with Crippen molar-refractivity contribution in [3.63, 3.8) is 0 Å². The van der Waals surface area contributed by atoms with Crippen LogP contribution in [0.15, 0.2) is 11.2 Å². The van der Waals surface area contributed by atoms with Gasteiger partial charge in [-0.25, -0.2) is 17.9 Å². The van der Waals surface area contributed by atoms with Gasteiger partial charge in [-0.05, 0) is 27.2 Å². The number of H-pyrrole nitrogens is 1.